The maximum absolute atomic E-state index is 11.2. The van der Waals surface area contributed by atoms with Crippen molar-refractivity contribution in [3.63, 3.8) is 0 Å². The smallest absolute Gasteiger partial charge is 0.238 e. The number of nitrogens with two attached hydrogens (primary N) is 1. The zero-order chi connectivity index (χ0) is 14.0. The summed E-state index contributed by atoms with van der Waals surface area (Å²) in [4.78, 5) is 4.42. The molecule has 2 aromatic rings. The molecular formula is C11H12BrN3O2S2. The number of primary sulfonamides is 1. The summed E-state index contributed by atoms with van der Waals surface area (Å²) in [6.07, 6.45) is 0. The summed E-state index contributed by atoms with van der Waals surface area (Å²) in [6.45, 7) is 2.53. The Kier molecular flexibility index (Phi) is 4.24. The van der Waals surface area contributed by atoms with Gasteiger partial charge in [-0.25, -0.2) is 18.5 Å². The SMILES string of the molecule is Cc1nc(CNc2ccc(S(N)(=O)=O)cc2Br)cs1. The number of nitrogens with one attached hydrogen (secondary N) is 1. The predicted octanol–water partition coefficient (Wildman–Crippen LogP) is 2.47. The number of aromatic nitrogens is 1. The number of halogens is 1. The monoisotopic (exact) mass is 361 g/mol. The average molecular weight is 362 g/mol. The summed E-state index contributed by atoms with van der Waals surface area (Å²) in [5, 5.41) is 11.2. The zero-order valence-corrected chi connectivity index (χ0v) is 13.3. The van der Waals surface area contributed by atoms with E-state index in [9.17, 15) is 8.42 Å². The third-order valence-electron chi connectivity index (χ3n) is 2.40. The first-order chi connectivity index (χ1) is 8.86. The Bertz CT molecular complexity index is 698. The third-order valence-corrected chi connectivity index (χ3v) is 4.79. The van der Waals surface area contributed by atoms with Gasteiger partial charge < -0.3 is 5.32 Å². The molecule has 0 amide bonds. The molecule has 19 heavy (non-hydrogen) atoms. The van der Waals surface area contributed by atoms with Gasteiger partial charge in [0.1, 0.15) is 0 Å². The Morgan fingerprint density at radius 2 is 2.21 bits per heavy atom. The van der Waals surface area contributed by atoms with Gasteiger partial charge >= 0.3 is 0 Å². The molecule has 0 radical (unpaired) electrons. The first-order valence-corrected chi connectivity index (χ1v) is 8.55. The minimum Gasteiger partial charge on any atom is -0.378 e. The van der Waals surface area contributed by atoms with Gasteiger partial charge in [0.05, 0.1) is 22.1 Å². The van der Waals surface area contributed by atoms with Crippen LogP contribution in [0.15, 0.2) is 32.9 Å². The Labute approximate surface area is 124 Å². The summed E-state index contributed by atoms with van der Waals surface area (Å²) in [6, 6.07) is 4.61. The van der Waals surface area contributed by atoms with Crippen LogP contribution < -0.4 is 10.5 Å². The van der Waals surface area contributed by atoms with E-state index in [0.717, 1.165) is 16.4 Å². The van der Waals surface area contributed by atoms with Gasteiger partial charge in [0.15, 0.2) is 0 Å². The molecule has 0 unspecified atom stereocenters. The van der Waals surface area contributed by atoms with Gasteiger partial charge in [0, 0.05) is 15.5 Å². The van der Waals surface area contributed by atoms with Crippen LogP contribution in [0.5, 0.6) is 0 Å². The zero-order valence-electron chi connectivity index (χ0n) is 10.1. The molecule has 1 aromatic heterocycles. The maximum atomic E-state index is 11.2. The summed E-state index contributed by atoms with van der Waals surface area (Å²) in [5.74, 6) is 0. The van der Waals surface area contributed by atoms with Crippen LogP contribution in [0.4, 0.5) is 5.69 Å². The molecule has 0 aliphatic rings. The number of nitrogens with zero attached hydrogens (tertiary/aromatic N) is 1. The molecule has 0 spiro atoms. The van der Waals surface area contributed by atoms with E-state index in [-0.39, 0.29) is 4.90 Å². The average Bonchev–Trinajstić information content (AvgIpc) is 2.72. The lowest BCUT2D eigenvalue weighted by molar-refractivity contribution is 0.598. The lowest BCUT2D eigenvalue weighted by Gasteiger charge is -2.08. The molecule has 0 aliphatic heterocycles. The number of hydrogen-bond acceptors (Lipinski definition) is 5. The molecule has 0 aliphatic carbocycles. The summed E-state index contributed by atoms with van der Waals surface area (Å²) < 4.78 is 23.1. The quantitative estimate of drug-likeness (QED) is 0.875. The van der Waals surface area contributed by atoms with Gasteiger partial charge in [-0.05, 0) is 41.1 Å². The number of anilines is 1. The van der Waals surface area contributed by atoms with Crippen LogP contribution in [0, 0.1) is 6.92 Å². The summed E-state index contributed by atoms with van der Waals surface area (Å²) in [5.41, 5.74) is 1.74. The fourth-order valence-corrected chi connectivity index (χ4v) is 3.31. The van der Waals surface area contributed by atoms with Gasteiger partial charge in [-0.15, -0.1) is 11.3 Å². The van der Waals surface area contributed by atoms with Crippen LogP contribution in [0.2, 0.25) is 0 Å². The molecule has 0 atom stereocenters. The third kappa shape index (κ3) is 3.75. The van der Waals surface area contributed by atoms with Gasteiger partial charge in [0.2, 0.25) is 10.0 Å². The van der Waals surface area contributed by atoms with Crippen molar-refractivity contribution in [3.05, 3.63) is 38.8 Å². The normalized spacial score (nSPS) is 11.5. The second-order valence-electron chi connectivity index (χ2n) is 3.90. The number of aryl methyl sites for hydroxylation is 1. The van der Waals surface area contributed by atoms with Crippen LogP contribution >= 0.6 is 27.3 Å². The van der Waals surface area contributed by atoms with Gasteiger partial charge in [-0.1, -0.05) is 0 Å². The number of hydrogen-bond donors (Lipinski definition) is 2. The lowest BCUT2D eigenvalue weighted by Crippen LogP contribution is -2.12. The Hall–Kier alpha value is -0.960. The minimum absolute atomic E-state index is 0.0782. The van der Waals surface area contributed by atoms with E-state index in [2.05, 4.69) is 26.2 Å². The second kappa shape index (κ2) is 5.58. The molecular weight excluding hydrogens is 350 g/mol. The number of sulfonamides is 1. The van der Waals surface area contributed by atoms with Crippen molar-refractivity contribution in [2.45, 2.75) is 18.4 Å². The maximum Gasteiger partial charge on any atom is 0.238 e. The molecule has 0 bridgehead atoms. The largest absolute Gasteiger partial charge is 0.378 e. The fraction of sp³-hybridized carbons (Fsp3) is 0.182. The topological polar surface area (TPSA) is 85.1 Å². The fourth-order valence-electron chi connectivity index (χ4n) is 1.49. The van der Waals surface area contributed by atoms with Crippen molar-refractivity contribution >= 4 is 43.0 Å². The lowest BCUT2D eigenvalue weighted by atomic mass is 10.3. The Balaban J connectivity index is 2.14. The van der Waals surface area contributed by atoms with Crippen LogP contribution in [0.1, 0.15) is 10.7 Å². The van der Waals surface area contributed by atoms with E-state index in [0.29, 0.717) is 11.0 Å². The standard InChI is InChI=1S/C11H12BrN3O2S2/c1-7-15-8(6-18-7)5-14-11-3-2-9(4-10(11)12)19(13,16)17/h2-4,6,14H,5H2,1H3,(H2,13,16,17). The molecule has 1 aromatic carbocycles. The summed E-state index contributed by atoms with van der Waals surface area (Å²) >= 11 is 4.91. The van der Waals surface area contributed by atoms with Gasteiger partial charge in [-0.3, -0.25) is 0 Å². The highest BCUT2D eigenvalue weighted by Crippen LogP contribution is 2.25. The number of rotatable bonds is 4. The van der Waals surface area contributed by atoms with Crippen LogP contribution in [-0.2, 0) is 16.6 Å². The molecule has 0 saturated carbocycles. The van der Waals surface area contributed by atoms with Crippen molar-refractivity contribution < 1.29 is 8.42 Å². The Morgan fingerprint density at radius 1 is 1.47 bits per heavy atom. The van der Waals surface area contributed by atoms with Crippen molar-refractivity contribution in [2.24, 2.45) is 5.14 Å². The van der Waals surface area contributed by atoms with Crippen molar-refractivity contribution in [2.75, 3.05) is 5.32 Å². The molecule has 3 N–H and O–H groups in total. The predicted molar refractivity (Wildman–Crippen MR) is 79.7 cm³/mol. The van der Waals surface area contributed by atoms with Crippen LogP contribution in [0.25, 0.3) is 0 Å². The molecule has 2 rings (SSSR count). The van der Waals surface area contributed by atoms with E-state index >= 15 is 0 Å². The molecule has 8 heteroatoms. The molecule has 102 valence electrons. The minimum atomic E-state index is -3.67. The van der Waals surface area contributed by atoms with E-state index in [1.54, 1.807) is 17.4 Å². The van der Waals surface area contributed by atoms with E-state index in [1.807, 2.05) is 12.3 Å². The van der Waals surface area contributed by atoms with Gasteiger partial charge in [-0.2, -0.15) is 0 Å². The molecule has 5 nitrogen and oxygen atoms in total. The van der Waals surface area contributed by atoms with E-state index in [4.69, 9.17) is 5.14 Å². The van der Waals surface area contributed by atoms with Crippen molar-refractivity contribution in [3.8, 4) is 0 Å². The molecule has 0 fully saturated rings. The first kappa shape index (κ1) is 14.4. The second-order valence-corrected chi connectivity index (χ2v) is 7.38. The number of benzene rings is 1. The van der Waals surface area contributed by atoms with Crippen molar-refractivity contribution in [1.82, 2.24) is 4.98 Å². The van der Waals surface area contributed by atoms with Crippen molar-refractivity contribution in [1.29, 1.82) is 0 Å². The molecule has 1 heterocycles. The number of thiazole rings is 1. The Morgan fingerprint density at radius 3 is 2.74 bits per heavy atom. The van der Waals surface area contributed by atoms with E-state index < -0.39 is 10.0 Å². The van der Waals surface area contributed by atoms with E-state index in [1.165, 1.54) is 12.1 Å². The highest BCUT2D eigenvalue weighted by Gasteiger charge is 2.10. The van der Waals surface area contributed by atoms with Crippen LogP contribution in [0.3, 0.4) is 0 Å². The highest BCUT2D eigenvalue weighted by atomic mass is 79.9. The van der Waals surface area contributed by atoms with Crippen LogP contribution in [-0.4, -0.2) is 13.4 Å². The first-order valence-electron chi connectivity index (χ1n) is 5.33. The summed E-state index contributed by atoms with van der Waals surface area (Å²) in [7, 11) is -3.67. The highest BCUT2D eigenvalue weighted by molar-refractivity contribution is 9.10. The van der Waals surface area contributed by atoms with Gasteiger partial charge in [0.25, 0.3) is 0 Å². The molecule has 0 saturated heterocycles.